The van der Waals surface area contributed by atoms with E-state index in [0.717, 1.165) is 0 Å². The van der Waals surface area contributed by atoms with E-state index in [0.29, 0.717) is 37.0 Å². The second-order valence-electron chi connectivity index (χ2n) is 6.28. The Labute approximate surface area is 175 Å². The summed E-state index contributed by atoms with van der Waals surface area (Å²) in [5.74, 6) is -3.30. The number of anilines is 2. The van der Waals surface area contributed by atoms with E-state index in [-0.39, 0.29) is 21.8 Å². The van der Waals surface area contributed by atoms with Gasteiger partial charge >= 0.3 is 5.97 Å². The summed E-state index contributed by atoms with van der Waals surface area (Å²) in [5, 5.41) is 21.3. The number of nitrogens with zero attached hydrogens (tertiary/aromatic N) is 3. The molecule has 3 rings (SSSR count). The molecule has 2 aromatic rings. The quantitative estimate of drug-likeness (QED) is 0.710. The second-order valence-corrected chi connectivity index (χ2v) is 7.07. The monoisotopic (exact) mass is 436 g/mol. The van der Waals surface area contributed by atoms with Crippen molar-refractivity contribution < 1.29 is 18.7 Å². The van der Waals surface area contributed by atoms with E-state index in [1.165, 1.54) is 24.3 Å². The highest BCUT2D eigenvalue weighted by Gasteiger charge is 2.23. The SMILES string of the molecule is N#Cc1ccc(N2CCN(C(=S)Nc3ccc(C(=O)O)c(Cl)c3)CC2)c(F)c1F. The van der Waals surface area contributed by atoms with Gasteiger partial charge in [-0.05, 0) is 42.5 Å². The van der Waals surface area contributed by atoms with Gasteiger partial charge in [0.05, 0.1) is 21.8 Å². The van der Waals surface area contributed by atoms with Crippen molar-refractivity contribution in [3.63, 3.8) is 0 Å². The lowest BCUT2D eigenvalue weighted by molar-refractivity contribution is 0.0697. The van der Waals surface area contributed by atoms with E-state index >= 15 is 0 Å². The van der Waals surface area contributed by atoms with Gasteiger partial charge in [0.1, 0.15) is 6.07 Å². The zero-order valence-electron chi connectivity index (χ0n) is 15.0. The van der Waals surface area contributed by atoms with Gasteiger partial charge in [-0.15, -0.1) is 0 Å². The normalized spacial score (nSPS) is 13.7. The number of carbonyl (C=O) groups is 1. The third-order valence-electron chi connectivity index (χ3n) is 4.54. The van der Waals surface area contributed by atoms with Crippen molar-refractivity contribution in [2.24, 2.45) is 0 Å². The molecule has 2 N–H and O–H groups in total. The first-order valence-corrected chi connectivity index (χ1v) is 9.32. The largest absolute Gasteiger partial charge is 0.478 e. The zero-order valence-corrected chi connectivity index (χ0v) is 16.5. The number of nitrogens with one attached hydrogen (secondary N) is 1. The number of piperazine rings is 1. The van der Waals surface area contributed by atoms with Crippen molar-refractivity contribution in [3.8, 4) is 6.07 Å². The Morgan fingerprint density at radius 2 is 1.86 bits per heavy atom. The molecule has 1 aliphatic rings. The van der Waals surface area contributed by atoms with E-state index in [1.807, 2.05) is 4.90 Å². The van der Waals surface area contributed by atoms with Crippen LogP contribution in [-0.2, 0) is 0 Å². The summed E-state index contributed by atoms with van der Waals surface area (Å²) in [6, 6.07) is 8.70. The highest BCUT2D eigenvalue weighted by molar-refractivity contribution is 7.80. The number of carboxylic acids is 1. The maximum Gasteiger partial charge on any atom is 0.337 e. The summed E-state index contributed by atoms with van der Waals surface area (Å²) in [6.07, 6.45) is 0. The van der Waals surface area contributed by atoms with Crippen molar-refractivity contribution in [2.75, 3.05) is 36.4 Å². The molecule has 2 aromatic carbocycles. The van der Waals surface area contributed by atoms with Crippen molar-refractivity contribution in [1.29, 1.82) is 5.26 Å². The fraction of sp³-hybridized carbons (Fsp3) is 0.211. The molecule has 1 fully saturated rings. The fourth-order valence-electron chi connectivity index (χ4n) is 2.99. The van der Waals surface area contributed by atoms with Crippen LogP contribution in [0.4, 0.5) is 20.2 Å². The number of hydrogen-bond acceptors (Lipinski definition) is 4. The van der Waals surface area contributed by atoms with Crippen LogP contribution in [0, 0.1) is 23.0 Å². The zero-order chi connectivity index (χ0) is 21.1. The molecule has 0 radical (unpaired) electrons. The minimum absolute atomic E-state index is 0.00609. The van der Waals surface area contributed by atoms with E-state index in [1.54, 1.807) is 17.0 Å². The Morgan fingerprint density at radius 1 is 1.17 bits per heavy atom. The lowest BCUT2D eigenvalue weighted by atomic mass is 10.1. The summed E-state index contributed by atoms with van der Waals surface area (Å²) in [4.78, 5) is 14.6. The third kappa shape index (κ3) is 4.39. The summed E-state index contributed by atoms with van der Waals surface area (Å²) in [6.45, 7) is 1.74. The van der Waals surface area contributed by atoms with Crippen LogP contribution >= 0.6 is 23.8 Å². The maximum atomic E-state index is 14.2. The molecule has 1 saturated heterocycles. The molecule has 0 atom stereocenters. The van der Waals surface area contributed by atoms with Crippen LogP contribution in [0.2, 0.25) is 5.02 Å². The third-order valence-corrected chi connectivity index (χ3v) is 5.21. The molecular weight excluding hydrogens is 422 g/mol. The fourth-order valence-corrected chi connectivity index (χ4v) is 3.55. The Kier molecular flexibility index (Phi) is 6.15. The van der Waals surface area contributed by atoms with Gasteiger partial charge in [-0.1, -0.05) is 11.6 Å². The van der Waals surface area contributed by atoms with E-state index < -0.39 is 17.6 Å². The van der Waals surface area contributed by atoms with Crippen LogP contribution in [0.15, 0.2) is 30.3 Å². The van der Waals surface area contributed by atoms with Crippen molar-refractivity contribution in [1.82, 2.24) is 4.90 Å². The summed E-state index contributed by atoms with van der Waals surface area (Å²) in [7, 11) is 0. The highest BCUT2D eigenvalue weighted by Crippen LogP contribution is 2.25. The number of rotatable bonds is 3. The number of carboxylic acid groups (broad SMARTS) is 1. The summed E-state index contributed by atoms with van der Waals surface area (Å²) < 4.78 is 28.1. The molecule has 0 unspecified atom stereocenters. The van der Waals surface area contributed by atoms with E-state index in [4.69, 9.17) is 34.2 Å². The molecule has 0 aliphatic carbocycles. The number of thiocarbonyl (C=S) groups is 1. The van der Waals surface area contributed by atoms with Crippen LogP contribution in [-0.4, -0.2) is 47.3 Å². The number of nitriles is 1. The Morgan fingerprint density at radius 3 is 2.45 bits per heavy atom. The van der Waals surface area contributed by atoms with Crippen LogP contribution < -0.4 is 10.2 Å². The van der Waals surface area contributed by atoms with Gasteiger partial charge < -0.3 is 20.2 Å². The topological polar surface area (TPSA) is 79.6 Å². The van der Waals surface area contributed by atoms with Crippen molar-refractivity contribution in [2.45, 2.75) is 0 Å². The predicted molar refractivity (Wildman–Crippen MR) is 109 cm³/mol. The lowest BCUT2D eigenvalue weighted by Crippen LogP contribution is -2.50. The van der Waals surface area contributed by atoms with Crippen LogP contribution in [0.5, 0.6) is 0 Å². The second kappa shape index (κ2) is 8.59. The molecule has 6 nitrogen and oxygen atoms in total. The molecule has 1 heterocycles. The van der Waals surface area contributed by atoms with Crippen LogP contribution in [0.1, 0.15) is 15.9 Å². The molecule has 0 saturated carbocycles. The molecule has 0 aromatic heterocycles. The molecule has 150 valence electrons. The van der Waals surface area contributed by atoms with E-state index in [2.05, 4.69) is 5.32 Å². The van der Waals surface area contributed by atoms with Gasteiger partial charge in [-0.25, -0.2) is 13.6 Å². The highest BCUT2D eigenvalue weighted by atomic mass is 35.5. The Hall–Kier alpha value is -2.96. The molecule has 10 heteroatoms. The number of halogens is 3. The number of benzene rings is 2. The number of hydrogen-bond donors (Lipinski definition) is 2. The Balaban J connectivity index is 1.63. The molecule has 29 heavy (non-hydrogen) atoms. The smallest absolute Gasteiger partial charge is 0.337 e. The van der Waals surface area contributed by atoms with Gasteiger partial charge in [-0.3, -0.25) is 0 Å². The van der Waals surface area contributed by atoms with E-state index in [9.17, 15) is 13.6 Å². The van der Waals surface area contributed by atoms with Gasteiger partial charge in [-0.2, -0.15) is 5.26 Å². The Bertz CT molecular complexity index is 1020. The maximum absolute atomic E-state index is 14.2. The standard InChI is InChI=1S/C19H15ClF2N4O2S/c20-14-9-12(2-3-13(14)18(27)28)24-19(29)26-7-5-25(6-8-26)15-4-1-11(10-23)16(21)17(15)22/h1-4,9H,5-8H2,(H,24,29)(H,27,28). The van der Waals surface area contributed by atoms with Gasteiger partial charge in [0, 0.05) is 31.9 Å². The molecule has 1 aliphatic heterocycles. The average molecular weight is 437 g/mol. The molecular formula is C19H15ClF2N4O2S. The molecule has 0 amide bonds. The average Bonchev–Trinajstić information content (AvgIpc) is 2.70. The van der Waals surface area contributed by atoms with Crippen LogP contribution in [0.25, 0.3) is 0 Å². The van der Waals surface area contributed by atoms with Gasteiger partial charge in [0.15, 0.2) is 16.7 Å². The van der Waals surface area contributed by atoms with Gasteiger partial charge in [0.2, 0.25) is 0 Å². The van der Waals surface area contributed by atoms with Crippen LogP contribution in [0.3, 0.4) is 0 Å². The predicted octanol–water partition coefficient (Wildman–Crippen LogP) is 3.71. The summed E-state index contributed by atoms with van der Waals surface area (Å²) in [5.41, 5.74) is 0.319. The minimum Gasteiger partial charge on any atom is -0.478 e. The van der Waals surface area contributed by atoms with Crippen molar-refractivity contribution in [3.05, 3.63) is 58.1 Å². The first-order valence-electron chi connectivity index (χ1n) is 8.53. The number of aromatic carboxylic acids is 1. The first kappa shape index (κ1) is 20.8. The summed E-state index contributed by atoms with van der Waals surface area (Å²) >= 11 is 11.3. The van der Waals surface area contributed by atoms with Crippen molar-refractivity contribution >= 4 is 46.3 Å². The first-order chi connectivity index (χ1) is 13.8. The lowest BCUT2D eigenvalue weighted by Gasteiger charge is -2.37. The molecule has 0 spiro atoms. The molecule has 0 bridgehead atoms. The van der Waals surface area contributed by atoms with Gasteiger partial charge in [0.25, 0.3) is 0 Å². The minimum atomic E-state index is -1.15.